The molecule has 0 atom stereocenters. The van der Waals surface area contributed by atoms with Gasteiger partial charge in [-0.3, -0.25) is 0 Å². The quantitative estimate of drug-likeness (QED) is 0.127. The number of rotatable bonds is 10. The molecule has 0 spiro atoms. The highest BCUT2D eigenvalue weighted by atomic mass is 16.3. The molecule has 17 aromatic carbocycles. The Kier molecular flexibility index (Phi) is 12.2. The van der Waals surface area contributed by atoms with Gasteiger partial charge in [0.1, 0.15) is 11.2 Å². The summed E-state index contributed by atoms with van der Waals surface area (Å²) in [6.07, 6.45) is 0. The fraction of sp³-hybridized carbons (Fsp3) is 0. The number of hydrogen-bond donors (Lipinski definition) is 0. The van der Waals surface area contributed by atoms with Gasteiger partial charge in [0.05, 0.1) is 5.69 Å². The van der Waals surface area contributed by atoms with Crippen LogP contribution >= 0.6 is 0 Å². The van der Waals surface area contributed by atoms with Crippen molar-refractivity contribution < 1.29 is 4.42 Å². The van der Waals surface area contributed by atoms with Gasteiger partial charge in [0.15, 0.2) is 0 Å². The Labute approximate surface area is 526 Å². The summed E-state index contributed by atoms with van der Waals surface area (Å²) in [7, 11) is 0. The van der Waals surface area contributed by atoms with Gasteiger partial charge < -0.3 is 14.2 Å². The van der Waals surface area contributed by atoms with E-state index in [2.05, 4.69) is 343 Å². The molecule has 0 aliphatic heterocycles. The molecule has 0 N–H and O–H groups in total. The smallest absolute Gasteiger partial charge is 0.136 e. The molecule has 0 aliphatic carbocycles. The van der Waals surface area contributed by atoms with Crippen molar-refractivity contribution in [3.63, 3.8) is 0 Å². The summed E-state index contributed by atoms with van der Waals surface area (Å²) < 4.78 is 6.56. The van der Waals surface area contributed by atoms with Gasteiger partial charge in [-0.2, -0.15) is 0 Å². The predicted octanol–water partition coefficient (Wildman–Crippen LogP) is 25.3. The Morgan fingerprint density at radius 2 is 0.604 bits per heavy atom. The summed E-state index contributed by atoms with van der Waals surface area (Å²) in [5.74, 6) is 0. The second-order valence-corrected chi connectivity index (χ2v) is 24.0. The molecule has 0 amide bonds. The molecule has 1 heterocycles. The van der Waals surface area contributed by atoms with Gasteiger partial charge in [-0.25, -0.2) is 0 Å². The van der Waals surface area contributed by atoms with Gasteiger partial charge in [0.2, 0.25) is 0 Å². The number of nitrogens with zero attached hydrogens (tertiary/aromatic N) is 2. The molecule has 0 saturated heterocycles. The highest BCUT2D eigenvalue weighted by Crippen LogP contribution is 2.47. The number of furan rings is 1. The van der Waals surface area contributed by atoms with Crippen molar-refractivity contribution >= 4 is 131 Å². The van der Waals surface area contributed by atoms with Crippen molar-refractivity contribution in [1.82, 2.24) is 0 Å². The van der Waals surface area contributed by atoms with Crippen LogP contribution in [0.15, 0.2) is 344 Å². The van der Waals surface area contributed by atoms with Crippen LogP contribution in [-0.4, -0.2) is 0 Å². The highest BCUT2D eigenvalue weighted by Gasteiger charge is 2.22. The molecular weight excluding hydrogens is 1100 g/mol. The Morgan fingerprint density at radius 3 is 1.29 bits per heavy atom. The van der Waals surface area contributed by atoms with Gasteiger partial charge in [0, 0.05) is 44.6 Å². The van der Waals surface area contributed by atoms with Gasteiger partial charge in [-0.1, -0.05) is 249 Å². The van der Waals surface area contributed by atoms with E-state index in [9.17, 15) is 0 Å². The first-order valence-corrected chi connectivity index (χ1v) is 31.3. The van der Waals surface area contributed by atoms with E-state index in [-0.39, 0.29) is 0 Å². The molecule has 3 heteroatoms. The molecule has 0 fully saturated rings. The zero-order valence-corrected chi connectivity index (χ0v) is 49.6. The average molecular weight is 1160 g/mol. The molecule has 0 aliphatic rings. The lowest BCUT2D eigenvalue weighted by Gasteiger charge is -2.28. The summed E-state index contributed by atoms with van der Waals surface area (Å²) in [6.45, 7) is 0. The molecule has 91 heavy (non-hydrogen) atoms. The van der Waals surface area contributed by atoms with Crippen LogP contribution in [-0.2, 0) is 0 Å². The van der Waals surface area contributed by atoms with Crippen molar-refractivity contribution in [2.24, 2.45) is 0 Å². The molecule has 1 aromatic heterocycles. The Bertz CT molecular complexity index is 5900. The third-order valence-corrected chi connectivity index (χ3v) is 18.7. The summed E-state index contributed by atoms with van der Waals surface area (Å²) in [5, 5.41) is 19.4. The second-order valence-electron chi connectivity index (χ2n) is 24.0. The van der Waals surface area contributed by atoms with Crippen LogP contribution in [0.5, 0.6) is 0 Å². The fourth-order valence-corrected chi connectivity index (χ4v) is 14.4. The second kappa shape index (κ2) is 21.4. The lowest BCUT2D eigenvalue weighted by atomic mass is 9.94. The third-order valence-electron chi connectivity index (χ3n) is 18.7. The average Bonchev–Trinajstić information content (AvgIpc) is 1.88. The first-order chi connectivity index (χ1) is 45.1. The zero-order valence-electron chi connectivity index (χ0n) is 49.6. The standard InChI is InChI=1S/C88H56N2O/c1-2-16-57(17-3-1)63-40-48-77-67(50-63)34-35-68-54-73(46-49-78(68)77)89(69-42-36-58(37-43-69)64-41-47-76-66(51-64)33-32-59-18-4-6-24-74(59)76)71-22-14-20-61(52-71)62-21-15-23-72(53-62)90(85-55-65-19-5-7-25-75(65)79-26-8-10-28-81(79)85)70-44-38-60(39-45-70)84-56-87-88(82-29-11-9-27-80(82)84)83-30-12-13-31-86(83)91-87/h1-56H. The molecule has 3 nitrogen and oxygen atoms in total. The Hall–Kier alpha value is -12.0. The fourth-order valence-electron chi connectivity index (χ4n) is 14.4. The van der Waals surface area contributed by atoms with Crippen LogP contribution < -0.4 is 9.80 Å². The maximum Gasteiger partial charge on any atom is 0.136 e. The monoisotopic (exact) mass is 1160 g/mol. The van der Waals surface area contributed by atoms with Crippen LogP contribution in [0, 0.1) is 0 Å². The van der Waals surface area contributed by atoms with E-state index in [0.717, 1.165) is 78.3 Å². The molecule has 0 saturated carbocycles. The summed E-state index contributed by atoms with van der Waals surface area (Å²) in [5.41, 5.74) is 17.5. The summed E-state index contributed by atoms with van der Waals surface area (Å²) in [4.78, 5) is 4.86. The minimum absolute atomic E-state index is 0.889. The maximum absolute atomic E-state index is 6.56. The van der Waals surface area contributed by atoms with Crippen molar-refractivity contribution in [3.8, 4) is 44.5 Å². The van der Waals surface area contributed by atoms with Gasteiger partial charge in [-0.05, 0) is 206 Å². The summed E-state index contributed by atoms with van der Waals surface area (Å²) in [6, 6.07) is 125. The van der Waals surface area contributed by atoms with E-state index in [1.807, 2.05) is 6.07 Å². The zero-order chi connectivity index (χ0) is 59.9. The van der Waals surface area contributed by atoms with Crippen molar-refractivity contribution in [1.29, 1.82) is 0 Å². The van der Waals surface area contributed by atoms with Crippen LogP contribution in [0.1, 0.15) is 0 Å². The first-order valence-electron chi connectivity index (χ1n) is 31.3. The van der Waals surface area contributed by atoms with Crippen LogP contribution in [0.2, 0.25) is 0 Å². The summed E-state index contributed by atoms with van der Waals surface area (Å²) >= 11 is 0. The maximum atomic E-state index is 6.56. The van der Waals surface area contributed by atoms with Crippen molar-refractivity contribution in [3.05, 3.63) is 340 Å². The van der Waals surface area contributed by atoms with E-state index in [4.69, 9.17) is 4.42 Å². The van der Waals surface area contributed by atoms with Gasteiger partial charge in [0.25, 0.3) is 0 Å². The lowest BCUT2D eigenvalue weighted by molar-refractivity contribution is 0.669. The number of para-hydroxylation sites is 1. The van der Waals surface area contributed by atoms with E-state index in [1.165, 1.54) is 97.7 Å². The van der Waals surface area contributed by atoms with Crippen molar-refractivity contribution in [2.45, 2.75) is 0 Å². The van der Waals surface area contributed by atoms with E-state index in [1.54, 1.807) is 0 Å². The molecule has 0 unspecified atom stereocenters. The number of fused-ring (bicyclic) bond motifs is 14. The lowest BCUT2D eigenvalue weighted by Crippen LogP contribution is -2.11. The number of hydrogen-bond acceptors (Lipinski definition) is 3. The highest BCUT2D eigenvalue weighted by molar-refractivity contribution is 6.22. The Morgan fingerprint density at radius 1 is 0.187 bits per heavy atom. The van der Waals surface area contributed by atoms with E-state index >= 15 is 0 Å². The van der Waals surface area contributed by atoms with Crippen LogP contribution in [0.4, 0.5) is 34.1 Å². The Balaban J connectivity index is 0.758. The van der Waals surface area contributed by atoms with Crippen LogP contribution in [0.3, 0.4) is 0 Å². The van der Waals surface area contributed by atoms with Crippen molar-refractivity contribution in [2.75, 3.05) is 9.80 Å². The molecule has 18 rings (SSSR count). The minimum Gasteiger partial charge on any atom is -0.456 e. The molecule has 424 valence electrons. The first kappa shape index (κ1) is 52.1. The molecule has 0 radical (unpaired) electrons. The normalized spacial score (nSPS) is 11.7. The van der Waals surface area contributed by atoms with Gasteiger partial charge in [-0.15, -0.1) is 0 Å². The molecular formula is C88H56N2O. The minimum atomic E-state index is 0.889. The largest absolute Gasteiger partial charge is 0.456 e. The van der Waals surface area contributed by atoms with E-state index in [0.29, 0.717) is 0 Å². The van der Waals surface area contributed by atoms with Gasteiger partial charge >= 0.3 is 0 Å². The SMILES string of the molecule is c1ccc(-c2ccc3c(ccc4cc(N(c5ccc(-c6ccc7c(ccc8ccccc87)c6)cc5)c5cccc(-c6cccc(N(c7ccc(-c8cc9oc%10ccccc%10c9c9ccccc89)cc7)c7cc8ccccc8c8ccccc78)c6)c5)ccc43)c2)cc1. The third kappa shape index (κ3) is 8.97. The van der Waals surface area contributed by atoms with E-state index < -0.39 is 0 Å². The molecule has 18 aromatic rings. The predicted molar refractivity (Wildman–Crippen MR) is 387 cm³/mol. The molecule has 0 bridgehead atoms. The topological polar surface area (TPSA) is 19.6 Å². The van der Waals surface area contributed by atoms with Crippen LogP contribution in [0.25, 0.3) is 142 Å². The number of anilines is 6. The number of benzene rings is 17.